The van der Waals surface area contributed by atoms with Crippen molar-refractivity contribution in [2.45, 2.75) is 32.9 Å². The molecule has 2 aromatic rings. The molecule has 0 bridgehead atoms. The Kier molecular flexibility index (Phi) is 3.59. The standard InChI is InChI=1S/C14H18N2O/c1-3-16-9-8-15-14(16)10-13(17)12-6-4-11(2)5-7-12/h4-9,13,17H,3,10H2,1-2H3. The summed E-state index contributed by atoms with van der Waals surface area (Å²) in [6.07, 6.45) is 3.80. The van der Waals surface area contributed by atoms with E-state index in [4.69, 9.17) is 0 Å². The molecule has 1 aromatic carbocycles. The number of aliphatic hydroxyl groups is 1. The summed E-state index contributed by atoms with van der Waals surface area (Å²) in [5, 5.41) is 10.1. The maximum absolute atomic E-state index is 10.1. The van der Waals surface area contributed by atoms with E-state index < -0.39 is 6.10 Å². The fourth-order valence-electron chi connectivity index (χ4n) is 1.90. The van der Waals surface area contributed by atoms with Crippen LogP contribution in [-0.4, -0.2) is 14.7 Å². The largest absolute Gasteiger partial charge is 0.388 e. The van der Waals surface area contributed by atoms with Gasteiger partial charge in [-0.3, -0.25) is 0 Å². The molecule has 1 atom stereocenters. The summed E-state index contributed by atoms with van der Waals surface area (Å²) in [6.45, 7) is 5.00. The zero-order chi connectivity index (χ0) is 12.3. The summed E-state index contributed by atoms with van der Waals surface area (Å²) >= 11 is 0. The van der Waals surface area contributed by atoms with Crippen LogP contribution in [-0.2, 0) is 13.0 Å². The lowest BCUT2D eigenvalue weighted by Gasteiger charge is -2.12. The van der Waals surface area contributed by atoms with Crippen LogP contribution in [0.3, 0.4) is 0 Å². The molecule has 0 saturated heterocycles. The maximum Gasteiger partial charge on any atom is 0.111 e. The molecule has 0 aliphatic carbocycles. The average Bonchev–Trinajstić information content (AvgIpc) is 2.77. The molecule has 0 spiro atoms. The van der Waals surface area contributed by atoms with Gasteiger partial charge in [-0.15, -0.1) is 0 Å². The Hall–Kier alpha value is -1.61. The van der Waals surface area contributed by atoms with E-state index in [0.29, 0.717) is 6.42 Å². The fourth-order valence-corrected chi connectivity index (χ4v) is 1.90. The minimum absolute atomic E-state index is 0.483. The van der Waals surface area contributed by atoms with Gasteiger partial charge < -0.3 is 9.67 Å². The zero-order valence-corrected chi connectivity index (χ0v) is 10.3. The third-order valence-electron chi connectivity index (χ3n) is 2.98. The maximum atomic E-state index is 10.1. The van der Waals surface area contributed by atoms with Crippen LogP contribution < -0.4 is 0 Å². The molecule has 1 N–H and O–H groups in total. The molecule has 1 aromatic heterocycles. The van der Waals surface area contributed by atoms with Crippen molar-refractivity contribution in [3.8, 4) is 0 Å². The Morgan fingerprint density at radius 3 is 2.65 bits per heavy atom. The van der Waals surface area contributed by atoms with Gasteiger partial charge in [0.25, 0.3) is 0 Å². The number of benzene rings is 1. The number of hydrogen-bond acceptors (Lipinski definition) is 2. The molecular formula is C14H18N2O. The molecule has 0 amide bonds. The van der Waals surface area contributed by atoms with E-state index in [-0.39, 0.29) is 0 Å². The lowest BCUT2D eigenvalue weighted by Crippen LogP contribution is -2.08. The summed E-state index contributed by atoms with van der Waals surface area (Å²) in [7, 11) is 0. The van der Waals surface area contributed by atoms with Crippen LogP contribution in [0.4, 0.5) is 0 Å². The van der Waals surface area contributed by atoms with E-state index in [1.807, 2.05) is 37.4 Å². The fraction of sp³-hybridized carbons (Fsp3) is 0.357. The zero-order valence-electron chi connectivity index (χ0n) is 10.3. The molecule has 0 radical (unpaired) electrons. The van der Waals surface area contributed by atoms with Gasteiger partial charge in [-0.25, -0.2) is 4.98 Å². The number of aliphatic hydroxyl groups excluding tert-OH is 1. The summed E-state index contributed by atoms with van der Waals surface area (Å²) in [5.41, 5.74) is 2.15. The van der Waals surface area contributed by atoms with Gasteiger partial charge in [-0.2, -0.15) is 0 Å². The predicted octanol–water partition coefficient (Wildman–Crippen LogP) is 2.49. The lowest BCUT2D eigenvalue weighted by atomic mass is 10.0. The van der Waals surface area contributed by atoms with Gasteiger partial charge in [0.05, 0.1) is 6.10 Å². The number of rotatable bonds is 4. The molecule has 3 heteroatoms. The second-order valence-corrected chi connectivity index (χ2v) is 4.26. The van der Waals surface area contributed by atoms with Crippen molar-refractivity contribution < 1.29 is 5.11 Å². The highest BCUT2D eigenvalue weighted by Crippen LogP contribution is 2.18. The highest BCUT2D eigenvalue weighted by Gasteiger charge is 2.11. The van der Waals surface area contributed by atoms with Crippen LogP contribution in [0.2, 0.25) is 0 Å². The second kappa shape index (κ2) is 5.15. The van der Waals surface area contributed by atoms with Crippen molar-refractivity contribution in [3.63, 3.8) is 0 Å². The number of aromatic nitrogens is 2. The van der Waals surface area contributed by atoms with Crippen molar-refractivity contribution in [1.82, 2.24) is 9.55 Å². The van der Waals surface area contributed by atoms with Crippen LogP contribution in [0.1, 0.15) is 30.0 Å². The summed E-state index contributed by atoms with van der Waals surface area (Å²) in [4.78, 5) is 4.27. The number of imidazole rings is 1. The van der Waals surface area contributed by atoms with Crippen LogP contribution in [0, 0.1) is 6.92 Å². The minimum atomic E-state index is -0.483. The van der Waals surface area contributed by atoms with Crippen LogP contribution >= 0.6 is 0 Å². The van der Waals surface area contributed by atoms with E-state index in [1.165, 1.54) is 5.56 Å². The first-order valence-corrected chi connectivity index (χ1v) is 5.95. The molecular weight excluding hydrogens is 212 g/mol. The summed E-state index contributed by atoms with van der Waals surface area (Å²) in [5.74, 6) is 0.931. The Balaban J connectivity index is 2.11. The summed E-state index contributed by atoms with van der Waals surface area (Å²) < 4.78 is 2.05. The molecule has 1 heterocycles. The third-order valence-corrected chi connectivity index (χ3v) is 2.98. The first-order valence-electron chi connectivity index (χ1n) is 5.95. The van der Waals surface area contributed by atoms with E-state index in [9.17, 15) is 5.11 Å². The molecule has 2 rings (SSSR count). The number of hydrogen-bond donors (Lipinski definition) is 1. The summed E-state index contributed by atoms with van der Waals surface area (Å²) in [6, 6.07) is 7.98. The van der Waals surface area contributed by atoms with E-state index in [2.05, 4.69) is 16.5 Å². The Morgan fingerprint density at radius 2 is 2.00 bits per heavy atom. The smallest absolute Gasteiger partial charge is 0.111 e. The molecule has 0 aliphatic rings. The highest BCUT2D eigenvalue weighted by molar-refractivity contribution is 5.23. The first-order chi connectivity index (χ1) is 8.20. The van der Waals surface area contributed by atoms with Gasteiger partial charge in [0.1, 0.15) is 5.82 Å². The van der Waals surface area contributed by atoms with E-state index in [1.54, 1.807) is 6.20 Å². The quantitative estimate of drug-likeness (QED) is 0.876. The van der Waals surface area contributed by atoms with Crippen molar-refractivity contribution in [1.29, 1.82) is 0 Å². The van der Waals surface area contributed by atoms with Crippen LogP contribution in [0.15, 0.2) is 36.7 Å². The number of aryl methyl sites for hydroxylation is 2. The molecule has 0 aliphatic heterocycles. The predicted molar refractivity (Wildman–Crippen MR) is 67.7 cm³/mol. The van der Waals surface area contributed by atoms with Gasteiger partial charge in [0, 0.05) is 25.4 Å². The van der Waals surface area contributed by atoms with Gasteiger partial charge in [-0.1, -0.05) is 29.8 Å². The second-order valence-electron chi connectivity index (χ2n) is 4.26. The molecule has 0 saturated carbocycles. The SMILES string of the molecule is CCn1ccnc1CC(O)c1ccc(C)cc1. The van der Waals surface area contributed by atoms with Crippen molar-refractivity contribution in [3.05, 3.63) is 53.6 Å². The Bertz CT molecular complexity index is 473. The normalized spacial score (nSPS) is 12.6. The number of nitrogens with zero attached hydrogens (tertiary/aromatic N) is 2. The van der Waals surface area contributed by atoms with Gasteiger partial charge >= 0.3 is 0 Å². The van der Waals surface area contributed by atoms with Gasteiger partial charge in [-0.05, 0) is 19.4 Å². The topological polar surface area (TPSA) is 38.0 Å². The van der Waals surface area contributed by atoms with Crippen molar-refractivity contribution in [2.24, 2.45) is 0 Å². The van der Waals surface area contributed by atoms with E-state index >= 15 is 0 Å². The highest BCUT2D eigenvalue weighted by atomic mass is 16.3. The van der Waals surface area contributed by atoms with Gasteiger partial charge in [0.15, 0.2) is 0 Å². The monoisotopic (exact) mass is 230 g/mol. The van der Waals surface area contributed by atoms with Crippen LogP contribution in [0.25, 0.3) is 0 Å². The third kappa shape index (κ3) is 2.74. The van der Waals surface area contributed by atoms with Crippen molar-refractivity contribution >= 4 is 0 Å². The molecule has 90 valence electrons. The lowest BCUT2D eigenvalue weighted by molar-refractivity contribution is 0.174. The van der Waals surface area contributed by atoms with Crippen molar-refractivity contribution in [2.75, 3.05) is 0 Å². The molecule has 3 nitrogen and oxygen atoms in total. The molecule has 17 heavy (non-hydrogen) atoms. The Morgan fingerprint density at radius 1 is 1.29 bits per heavy atom. The van der Waals surface area contributed by atoms with Gasteiger partial charge in [0.2, 0.25) is 0 Å². The molecule has 1 unspecified atom stereocenters. The Labute approximate surface area is 102 Å². The average molecular weight is 230 g/mol. The van der Waals surface area contributed by atoms with Crippen LogP contribution in [0.5, 0.6) is 0 Å². The first kappa shape index (κ1) is 11.9. The minimum Gasteiger partial charge on any atom is -0.388 e. The molecule has 0 fully saturated rings. The van der Waals surface area contributed by atoms with E-state index in [0.717, 1.165) is 17.9 Å².